The van der Waals surface area contributed by atoms with Crippen LogP contribution in [0, 0.1) is 113 Å². The number of rotatable bonds is 21. The number of nitro benzene ring substituents is 2. The van der Waals surface area contributed by atoms with Gasteiger partial charge >= 0.3 is 11.9 Å². The number of nitro groups is 2. The molecular formula is C71H112N4O14P2. The lowest BCUT2D eigenvalue weighted by atomic mass is 9.43. The third-order valence-corrected chi connectivity index (χ3v) is 25.6. The summed E-state index contributed by atoms with van der Waals surface area (Å²) < 4.78 is 23.4. The number of amides is 2. The predicted molar refractivity (Wildman–Crippen MR) is 360 cm³/mol. The lowest BCUT2D eigenvalue weighted by molar-refractivity contribution is -0.386. The summed E-state index contributed by atoms with van der Waals surface area (Å²) in [7, 11) is 1.92. The molecule has 8 saturated carbocycles. The molecule has 0 saturated heterocycles. The quantitative estimate of drug-likeness (QED) is 0.0392. The zero-order valence-electron chi connectivity index (χ0n) is 56.5. The number of hydrogen-bond donors (Lipinski definition) is 4. The van der Waals surface area contributed by atoms with E-state index in [0.29, 0.717) is 108 Å². The molecule has 20 heteroatoms. The summed E-state index contributed by atoms with van der Waals surface area (Å²) in [5.41, 5.74) is 1.43. The molecule has 2 aromatic carbocycles. The molecule has 18 nitrogen and oxygen atoms in total. The fourth-order valence-electron chi connectivity index (χ4n) is 21.0. The molecule has 2 amide bonds. The first kappa shape index (κ1) is 74.2. The van der Waals surface area contributed by atoms with E-state index in [4.69, 9.17) is 18.9 Å². The second-order valence-corrected chi connectivity index (χ2v) is 29.8. The van der Waals surface area contributed by atoms with Gasteiger partial charge in [-0.25, -0.2) is 0 Å². The second kappa shape index (κ2) is 31.1. The molecule has 0 bridgehead atoms. The minimum absolute atomic E-state index is 0. The lowest BCUT2D eigenvalue weighted by Gasteiger charge is -2.63. The van der Waals surface area contributed by atoms with E-state index >= 15 is 0 Å². The van der Waals surface area contributed by atoms with E-state index in [-0.39, 0.29) is 132 Å². The van der Waals surface area contributed by atoms with Crippen molar-refractivity contribution in [1.29, 1.82) is 0 Å². The van der Waals surface area contributed by atoms with Gasteiger partial charge < -0.3 is 39.8 Å². The van der Waals surface area contributed by atoms with Crippen molar-refractivity contribution in [3.8, 4) is 0 Å². The van der Waals surface area contributed by atoms with Crippen LogP contribution in [0.3, 0.4) is 0 Å². The number of carbonyl (C=O) groups excluding carboxylic acids is 4. The maximum absolute atomic E-state index is 12.9. The zero-order chi connectivity index (χ0) is 64.3. The average Bonchev–Trinajstić information content (AvgIpc) is 1.70. The molecule has 0 aliphatic heterocycles. The predicted octanol–water partition coefficient (Wildman–Crippen LogP) is 13.4. The SMILES string of the molecule is CCNC(=O)c1ccc(COC(=O)CC[C@H](C)C2CCC3C4C(CC[C@@]32C)[C@@]2(C)CC[C@@H](O)C[C@H]2C[C@H]4O)c([N+](=O)[O-])c1.CCNC(=O)c1ccc(COC(=O)CC[C@H](C)C2CCC3C4C(CC[C@@]32C)[C@@]2(C)CC[C@@H](OCC)C[C@H]2C[C@H]4OC)c([N+](=O)[O-])c1.P.P. The molecule has 8 fully saturated rings. The summed E-state index contributed by atoms with van der Waals surface area (Å²) >= 11 is 0. The maximum Gasteiger partial charge on any atom is 0.306 e. The Balaban J connectivity index is 0.000000253. The van der Waals surface area contributed by atoms with Gasteiger partial charge in [0.1, 0.15) is 13.2 Å². The molecule has 2 aromatic rings. The van der Waals surface area contributed by atoms with Crippen LogP contribution in [0.5, 0.6) is 0 Å². The Morgan fingerprint density at radius 1 is 0.593 bits per heavy atom. The third-order valence-electron chi connectivity index (χ3n) is 25.6. The van der Waals surface area contributed by atoms with Crippen molar-refractivity contribution in [2.45, 2.75) is 228 Å². The number of nitrogens with one attached hydrogen (secondary N) is 2. The number of hydrogen-bond acceptors (Lipinski definition) is 14. The highest BCUT2D eigenvalue weighted by Crippen LogP contribution is 2.70. The van der Waals surface area contributed by atoms with Gasteiger partial charge in [-0.15, -0.1) is 0 Å². The Bertz CT molecular complexity index is 2880. The van der Waals surface area contributed by atoms with Gasteiger partial charge in [-0.3, -0.25) is 39.4 Å². The highest BCUT2D eigenvalue weighted by molar-refractivity contribution is 6.92. The zero-order valence-corrected chi connectivity index (χ0v) is 59.3. The first-order chi connectivity index (χ1) is 42.3. The molecule has 0 aromatic heterocycles. The van der Waals surface area contributed by atoms with E-state index in [9.17, 15) is 49.6 Å². The second-order valence-electron chi connectivity index (χ2n) is 29.8. The smallest absolute Gasteiger partial charge is 0.306 e. The molecule has 0 radical (unpaired) electrons. The van der Waals surface area contributed by atoms with Gasteiger partial charge in [-0.2, -0.15) is 19.8 Å². The van der Waals surface area contributed by atoms with Crippen molar-refractivity contribution in [2.24, 2.45) is 92.7 Å². The number of methoxy groups -OCH3 is 1. The third kappa shape index (κ3) is 15.3. The standard InChI is InChI=1S/C37H56N2O7.C34H50N2O7.2H3P/c1-7-38-35(41)24-10-11-25(31(19-24)39(42)43)22-46-33(40)14-9-23(3)28-12-13-29-34-30(16-18-37(28,29)5)36(4)17-15-27(45-8-2)20-26(36)21-32(34)44-6;1-5-35-32(40)21-7-8-22(28(16-21)36(41)42)19-43-30(39)11-6-20(2)25-9-10-26-31-27(13-15-34(25,26)4)33(3)14-12-24(37)17-23(33)18-29(31)38;;/h10-11,19,23,26-30,32,34H,7-9,12-18,20-22H2,1-6H3,(H,38,41);7-8,16,20,23-27,29,31,37-38H,5-6,9-15,17-19H2,1-4H3,(H,35,40);2*1H3/t23-,26-,27+,28?,29?,30?,32+,34?,36-,37+;20-,23-,24+,25?,26?,27?,29+,31?,33-,34+;;/m00../s1. The van der Waals surface area contributed by atoms with Crippen molar-refractivity contribution in [3.63, 3.8) is 0 Å². The van der Waals surface area contributed by atoms with Crippen LogP contribution in [0.4, 0.5) is 11.4 Å². The first-order valence-corrected chi connectivity index (χ1v) is 34.3. The summed E-state index contributed by atoms with van der Waals surface area (Å²) in [6.45, 7) is 21.4. The molecule has 10 unspecified atom stereocenters. The van der Waals surface area contributed by atoms with E-state index in [2.05, 4.69) is 59.1 Å². The molecule has 91 heavy (non-hydrogen) atoms. The van der Waals surface area contributed by atoms with Crippen molar-refractivity contribution < 1.29 is 58.2 Å². The van der Waals surface area contributed by atoms with Gasteiger partial charge in [0.25, 0.3) is 23.2 Å². The van der Waals surface area contributed by atoms with Gasteiger partial charge in [-0.05, 0) is 253 Å². The van der Waals surface area contributed by atoms with Crippen LogP contribution in [0.25, 0.3) is 0 Å². The Hall–Kier alpha value is -4.18. The Morgan fingerprint density at radius 2 is 1.03 bits per heavy atom. The highest BCUT2D eigenvalue weighted by atomic mass is 31.0. The van der Waals surface area contributed by atoms with E-state index < -0.39 is 9.85 Å². The summed E-state index contributed by atoms with van der Waals surface area (Å²) in [6, 6.07) is 8.49. The highest BCUT2D eigenvalue weighted by Gasteiger charge is 2.65. The molecule has 4 N–H and O–H groups in total. The summed E-state index contributed by atoms with van der Waals surface area (Å²) in [6.07, 6.45) is 19.8. The molecule has 8 aliphatic carbocycles. The van der Waals surface area contributed by atoms with E-state index in [1.54, 1.807) is 13.8 Å². The van der Waals surface area contributed by atoms with Crippen molar-refractivity contribution in [3.05, 3.63) is 78.9 Å². The van der Waals surface area contributed by atoms with Gasteiger partial charge in [0, 0.05) is 62.9 Å². The van der Waals surface area contributed by atoms with Gasteiger partial charge in [0.05, 0.1) is 45.4 Å². The van der Waals surface area contributed by atoms with Crippen LogP contribution >= 0.6 is 19.8 Å². The van der Waals surface area contributed by atoms with Crippen LogP contribution in [0.15, 0.2) is 36.4 Å². The molecule has 10 rings (SSSR count). The number of aliphatic hydroxyl groups excluding tert-OH is 2. The fourth-order valence-corrected chi connectivity index (χ4v) is 21.0. The van der Waals surface area contributed by atoms with Gasteiger partial charge in [0.15, 0.2) is 0 Å². The van der Waals surface area contributed by atoms with Crippen molar-refractivity contribution in [2.75, 3.05) is 26.8 Å². The summed E-state index contributed by atoms with van der Waals surface area (Å²) in [4.78, 5) is 72.1. The molecule has 22 atom stereocenters. The van der Waals surface area contributed by atoms with Crippen LogP contribution in [0.2, 0.25) is 0 Å². The Labute approximate surface area is 548 Å². The number of ether oxygens (including phenoxy) is 4. The molecule has 0 spiro atoms. The largest absolute Gasteiger partial charge is 0.461 e. The number of carbonyl (C=O) groups is 4. The first-order valence-electron chi connectivity index (χ1n) is 34.3. The van der Waals surface area contributed by atoms with E-state index in [1.165, 1.54) is 81.3 Å². The van der Waals surface area contributed by atoms with Crippen LogP contribution in [0.1, 0.15) is 223 Å². The number of nitrogens with zero attached hydrogens (tertiary/aromatic N) is 2. The molecular weight excluding hydrogens is 1190 g/mol. The van der Waals surface area contributed by atoms with E-state index in [0.717, 1.165) is 70.8 Å². The molecule has 510 valence electrons. The van der Waals surface area contributed by atoms with Crippen LogP contribution < -0.4 is 10.6 Å². The number of aliphatic hydroxyl groups is 2. The average molecular weight is 1310 g/mol. The Kier molecular flexibility index (Phi) is 25.4. The number of esters is 2. The topological polar surface area (TPSA) is 256 Å². The summed E-state index contributed by atoms with van der Waals surface area (Å²) in [5, 5.41) is 50.4. The van der Waals surface area contributed by atoms with Crippen LogP contribution in [-0.4, -0.2) is 95.0 Å². The lowest BCUT2D eigenvalue weighted by Crippen LogP contribution is -2.59. The number of benzene rings is 2. The van der Waals surface area contributed by atoms with Gasteiger partial charge in [-0.1, -0.05) is 41.5 Å². The Morgan fingerprint density at radius 3 is 1.49 bits per heavy atom. The summed E-state index contributed by atoms with van der Waals surface area (Å²) in [5.74, 6) is 4.53. The maximum atomic E-state index is 12.9. The fraction of sp³-hybridized carbons (Fsp3) is 0.775. The number of fused-ring (bicyclic) bond motifs is 10. The molecule has 0 heterocycles. The minimum atomic E-state index is -0.554. The minimum Gasteiger partial charge on any atom is -0.461 e. The monoisotopic (exact) mass is 1310 g/mol. The molecule has 8 aliphatic rings. The van der Waals surface area contributed by atoms with Crippen LogP contribution in [-0.2, 0) is 41.8 Å². The van der Waals surface area contributed by atoms with E-state index in [1.807, 2.05) is 7.11 Å². The normalized spacial score (nSPS) is 35.7. The van der Waals surface area contributed by atoms with Gasteiger partial charge in [0.2, 0.25) is 0 Å². The van der Waals surface area contributed by atoms with Crippen molar-refractivity contribution >= 4 is 54.9 Å². The van der Waals surface area contributed by atoms with Crippen molar-refractivity contribution in [1.82, 2.24) is 10.6 Å².